The number of ether oxygens (including phenoxy) is 1. The largest absolute Gasteiger partial charge is 0.381 e. The lowest BCUT2D eigenvalue weighted by atomic mass is 10.4. The molecule has 5 nitrogen and oxygen atoms in total. The van der Waals surface area contributed by atoms with Crippen LogP contribution in [0, 0.1) is 0 Å². The van der Waals surface area contributed by atoms with E-state index < -0.39 is 0 Å². The van der Waals surface area contributed by atoms with Crippen LogP contribution in [0.4, 0.5) is 0 Å². The SMILES string of the molecule is C1CCOC1.Cn1cnc2c(Cl)nc(Cl)nc21. The number of aromatic nitrogens is 4. The summed E-state index contributed by atoms with van der Waals surface area (Å²) in [6, 6.07) is 0. The zero-order chi connectivity index (χ0) is 12.3. The summed E-state index contributed by atoms with van der Waals surface area (Å²) in [4.78, 5) is 11.7. The molecule has 0 saturated carbocycles. The fourth-order valence-corrected chi connectivity index (χ4v) is 1.88. The molecule has 0 amide bonds. The molecule has 7 heteroatoms. The van der Waals surface area contributed by atoms with Gasteiger partial charge in [0.15, 0.2) is 10.8 Å². The van der Waals surface area contributed by atoms with E-state index in [9.17, 15) is 0 Å². The Balaban J connectivity index is 0.000000181. The summed E-state index contributed by atoms with van der Waals surface area (Å²) < 4.78 is 6.68. The topological polar surface area (TPSA) is 52.8 Å². The van der Waals surface area contributed by atoms with Crippen molar-refractivity contribution < 1.29 is 4.74 Å². The molecule has 2 aromatic rings. The van der Waals surface area contributed by atoms with Gasteiger partial charge in [-0.3, -0.25) is 0 Å². The molecule has 1 aliphatic heterocycles. The van der Waals surface area contributed by atoms with Gasteiger partial charge in [0.25, 0.3) is 0 Å². The highest BCUT2D eigenvalue weighted by atomic mass is 35.5. The first-order valence-corrected chi connectivity index (χ1v) is 6.02. The summed E-state index contributed by atoms with van der Waals surface area (Å²) in [6.07, 6.45) is 4.17. The zero-order valence-electron chi connectivity index (χ0n) is 9.36. The van der Waals surface area contributed by atoms with Gasteiger partial charge in [0, 0.05) is 20.3 Å². The van der Waals surface area contributed by atoms with Crippen molar-refractivity contribution in [1.29, 1.82) is 0 Å². The lowest BCUT2D eigenvalue weighted by Gasteiger charge is -1.94. The normalized spacial score (nSPS) is 14.8. The molecule has 3 heterocycles. The molecule has 0 bridgehead atoms. The fraction of sp³-hybridized carbons (Fsp3) is 0.500. The summed E-state index contributed by atoms with van der Waals surface area (Å²) in [5.41, 5.74) is 1.21. The van der Waals surface area contributed by atoms with Crippen LogP contribution in [0.5, 0.6) is 0 Å². The molecule has 0 unspecified atom stereocenters. The smallest absolute Gasteiger partial charge is 0.225 e. The molecule has 2 aromatic heterocycles. The fourth-order valence-electron chi connectivity index (χ4n) is 1.46. The van der Waals surface area contributed by atoms with Crippen molar-refractivity contribution in [1.82, 2.24) is 19.5 Å². The summed E-state index contributed by atoms with van der Waals surface area (Å²) in [6.45, 7) is 2.00. The van der Waals surface area contributed by atoms with Crippen LogP contribution in [0.2, 0.25) is 10.4 Å². The van der Waals surface area contributed by atoms with Crippen LogP contribution >= 0.6 is 23.2 Å². The highest BCUT2D eigenvalue weighted by Crippen LogP contribution is 2.19. The maximum absolute atomic E-state index is 5.76. The van der Waals surface area contributed by atoms with Crippen molar-refractivity contribution in [2.24, 2.45) is 7.05 Å². The zero-order valence-corrected chi connectivity index (χ0v) is 10.9. The molecule has 92 valence electrons. The third-order valence-corrected chi connectivity index (χ3v) is 2.75. The number of hydrogen-bond acceptors (Lipinski definition) is 4. The lowest BCUT2D eigenvalue weighted by Crippen LogP contribution is -1.90. The van der Waals surface area contributed by atoms with Crippen LogP contribution in [-0.2, 0) is 11.8 Å². The van der Waals surface area contributed by atoms with Crippen molar-refractivity contribution in [2.75, 3.05) is 13.2 Å². The molecule has 0 aromatic carbocycles. The molecule has 0 radical (unpaired) electrons. The molecule has 1 saturated heterocycles. The average Bonchev–Trinajstić information content (AvgIpc) is 2.92. The van der Waals surface area contributed by atoms with Gasteiger partial charge in [-0.1, -0.05) is 11.6 Å². The van der Waals surface area contributed by atoms with Crippen LogP contribution < -0.4 is 0 Å². The van der Waals surface area contributed by atoms with Gasteiger partial charge >= 0.3 is 0 Å². The summed E-state index contributed by atoms with van der Waals surface area (Å²) in [5.74, 6) is 0. The predicted octanol–water partition coefficient (Wildman–Crippen LogP) is 2.47. The number of hydrogen-bond donors (Lipinski definition) is 0. The third-order valence-electron chi connectivity index (χ3n) is 2.32. The van der Waals surface area contributed by atoms with Crippen LogP contribution in [-0.4, -0.2) is 32.7 Å². The highest BCUT2D eigenvalue weighted by Gasteiger charge is 2.08. The van der Waals surface area contributed by atoms with Gasteiger partial charge in [0.2, 0.25) is 5.28 Å². The van der Waals surface area contributed by atoms with Gasteiger partial charge in [-0.15, -0.1) is 0 Å². The maximum Gasteiger partial charge on any atom is 0.225 e. The van der Waals surface area contributed by atoms with Crippen molar-refractivity contribution in [3.8, 4) is 0 Å². The minimum atomic E-state index is 0.135. The molecule has 17 heavy (non-hydrogen) atoms. The average molecular weight is 275 g/mol. The van der Waals surface area contributed by atoms with Gasteiger partial charge in [-0.25, -0.2) is 9.97 Å². The highest BCUT2D eigenvalue weighted by molar-refractivity contribution is 6.35. The van der Waals surface area contributed by atoms with Crippen LogP contribution in [0.3, 0.4) is 0 Å². The second-order valence-corrected chi connectivity index (χ2v) is 4.33. The second-order valence-electron chi connectivity index (χ2n) is 3.63. The van der Waals surface area contributed by atoms with E-state index in [0.29, 0.717) is 11.2 Å². The number of rotatable bonds is 0. The summed E-state index contributed by atoms with van der Waals surface area (Å²) in [5, 5.41) is 0.418. The molecule has 0 spiro atoms. The first-order valence-electron chi connectivity index (χ1n) is 5.26. The minimum absolute atomic E-state index is 0.135. The van der Waals surface area contributed by atoms with Gasteiger partial charge < -0.3 is 9.30 Å². The molecule has 3 rings (SSSR count). The molecule has 1 fully saturated rings. The number of aryl methyl sites for hydroxylation is 1. The van der Waals surface area contributed by atoms with E-state index >= 15 is 0 Å². The van der Waals surface area contributed by atoms with Crippen molar-refractivity contribution >= 4 is 34.4 Å². The number of imidazole rings is 1. The Bertz CT molecular complexity index is 503. The Morgan fingerprint density at radius 2 is 1.94 bits per heavy atom. The number of halogens is 2. The van der Waals surface area contributed by atoms with E-state index in [1.165, 1.54) is 12.8 Å². The van der Waals surface area contributed by atoms with E-state index in [1.54, 1.807) is 10.9 Å². The Labute approximate surface area is 109 Å². The van der Waals surface area contributed by atoms with Crippen LogP contribution in [0.1, 0.15) is 12.8 Å². The Kier molecular flexibility index (Phi) is 4.15. The van der Waals surface area contributed by atoms with E-state index in [1.807, 2.05) is 7.05 Å². The van der Waals surface area contributed by atoms with Gasteiger partial charge in [-0.05, 0) is 24.4 Å². The number of nitrogens with zero attached hydrogens (tertiary/aromatic N) is 4. The Hall–Kier alpha value is -0.910. The molecular weight excluding hydrogens is 263 g/mol. The second kappa shape index (κ2) is 5.62. The maximum atomic E-state index is 5.76. The molecule has 0 aliphatic carbocycles. The van der Waals surface area contributed by atoms with E-state index in [-0.39, 0.29) is 10.4 Å². The third kappa shape index (κ3) is 3.06. The van der Waals surface area contributed by atoms with Crippen LogP contribution in [0.15, 0.2) is 6.33 Å². The Morgan fingerprint density at radius 3 is 2.53 bits per heavy atom. The van der Waals surface area contributed by atoms with E-state index in [4.69, 9.17) is 27.9 Å². The lowest BCUT2D eigenvalue weighted by molar-refractivity contribution is 0.198. The van der Waals surface area contributed by atoms with Gasteiger partial charge in [-0.2, -0.15) is 4.98 Å². The van der Waals surface area contributed by atoms with Crippen LogP contribution in [0.25, 0.3) is 11.2 Å². The minimum Gasteiger partial charge on any atom is -0.381 e. The summed E-state index contributed by atoms with van der Waals surface area (Å²) in [7, 11) is 1.81. The van der Waals surface area contributed by atoms with Crippen molar-refractivity contribution in [3.63, 3.8) is 0 Å². The quantitative estimate of drug-likeness (QED) is 0.547. The predicted molar refractivity (Wildman–Crippen MR) is 66.4 cm³/mol. The van der Waals surface area contributed by atoms with E-state index in [2.05, 4.69) is 15.0 Å². The standard InChI is InChI=1S/C6H4Cl2N4.C4H8O/c1-12-2-9-3-4(7)10-6(8)11-5(3)12;1-2-4-5-3-1/h2H,1H3;1-4H2. The van der Waals surface area contributed by atoms with Gasteiger partial charge in [0.1, 0.15) is 5.52 Å². The van der Waals surface area contributed by atoms with E-state index in [0.717, 1.165) is 13.2 Å². The monoisotopic (exact) mass is 274 g/mol. The van der Waals surface area contributed by atoms with Crippen molar-refractivity contribution in [3.05, 3.63) is 16.8 Å². The molecule has 1 aliphatic rings. The summed E-state index contributed by atoms with van der Waals surface area (Å²) >= 11 is 11.4. The molecule has 0 N–H and O–H groups in total. The Morgan fingerprint density at radius 1 is 1.24 bits per heavy atom. The number of fused-ring (bicyclic) bond motifs is 1. The molecule has 0 atom stereocenters. The van der Waals surface area contributed by atoms with Crippen molar-refractivity contribution in [2.45, 2.75) is 12.8 Å². The van der Waals surface area contributed by atoms with Gasteiger partial charge in [0.05, 0.1) is 6.33 Å². The first-order chi connectivity index (χ1) is 8.18. The molecular formula is C10H12Cl2N4O. The first kappa shape index (κ1) is 12.5.